The average molecular weight is 856 g/mol. The minimum Gasteiger partial charge on any atom is -0.309 e. The van der Waals surface area contributed by atoms with Crippen molar-refractivity contribution in [3.63, 3.8) is 0 Å². The van der Waals surface area contributed by atoms with Crippen LogP contribution in [-0.2, 0) is 0 Å². The Kier molecular flexibility index (Phi) is 10.1. The van der Waals surface area contributed by atoms with E-state index in [9.17, 15) is 0 Å². The Hall–Kier alpha value is -9.06. The molecule has 314 valence electrons. The third-order valence-electron chi connectivity index (χ3n) is 12.4. The van der Waals surface area contributed by atoms with Gasteiger partial charge in [0.15, 0.2) is 17.5 Å². The fourth-order valence-electron chi connectivity index (χ4n) is 9.10. The lowest BCUT2D eigenvalue weighted by molar-refractivity contribution is 1.07. The van der Waals surface area contributed by atoms with E-state index in [1.54, 1.807) is 0 Å². The van der Waals surface area contributed by atoms with E-state index in [0.29, 0.717) is 17.5 Å². The molecule has 0 radical (unpaired) electrons. The molecule has 0 saturated heterocycles. The molecule has 3 aromatic heterocycles. The van der Waals surface area contributed by atoms with E-state index in [-0.39, 0.29) is 0 Å². The van der Waals surface area contributed by atoms with Crippen LogP contribution in [0.2, 0.25) is 0 Å². The lowest BCUT2D eigenvalue weighted by Gasteiger charge is -2.12. The Morgan fingerprint density at radius 2 is 0.567 bits per heavy atom. The minimum atomic E-state index is 0.627. The first-order valence-electron chi connectivity index (χ1n) is 22.5. The quantitative estimate of drug-likeness (QED) is 0.145. The number of rotatable bonds is 9. The molecule has 0 aliphatic carbocycles. The van der Waals surface area contributed by atoms with Crippen LogP contribution in [0, 0.1) is 0 Å². The molecule has 0 aliphatic rings. The summed E-state index contributed by atoms with van der Waals surface area (Å²) >= 11 is 0. The zero-order chi connectivity index (χ0) is 44.5. The highest BCUT2D eigenvalue weighted by Gasteiger charge is 2.17. The van der Waals surface area contributed by atoms with Gasteiger partial charge < -0.3 is 4.57 Å². The van der Waals surface area contributed by atoms with Crippen LogP contribution in [0.25, 0.3) is 118 Å². The molecule has 67 heavy (non-hydrogen) atoms. The van der Waals surface area contributed by atoms with Crippen LogP contribution in [0.1, 0.15) is 0 Å². The highest BCUT2D eigenvalue weighted by atomic mass is 15.0. The van der Waals surface area contributed by atoms with Gasteiger partial charge in [0.1, 0.15) is 0 Å². The zero-order valence-electron chi connectivity index (χ0n) is 36.4. The van der Waals surface area contributed by atoms with Crippen LogP contribution in [0.5, 0.6) is 0 Å². The van der Waals surface area contributed by atoms with Crippen LogP contribution in [0.4, 0.5) is 0 Å². The summed E-state index contributed by atoms with van der Waals surface area (Å²) in [5, 5.41) is 2.35. The first kappa shape index (κ1) is 39.5. The molecular formula is C62H41N5. The molecule has 0 N–H and O–H groups in total. The first-order valence-corrected chi connectivity index (χ1v) is 22.5. The van der Waals surface area contributed by atoms with Gasteiger partial charge in [0.05, 0.1) is 22.4 Å². The summed E-state index contributed by atoms with van der Waals surface area (Å²) in [5.41, 5.74) is 17.0. The molecule has 0 unspecified atom stereocenters. The van der Waals surface area contributed by atoms with Gasteiger partial charge in [-0.3, -0.25) is 0 Å². The predicted octanol–water partition coefficient (Wildman–Crippen LogP) is 15.7. The van der Waals surface area contributed by atoms with Crippen molar-refractivity contribution in [1.82, 2.24) is 24.5 Å². The summed E-state index contributed by atoms with van der Waals surface area (Å²) in [6, 6.07) is 87.2. The van der Waals surface area contributed by atoms with Gasteiger partial charge in [0.2, 0.25) is 0 Å². The smallest absolute Gasteiger partial charge is 0.164 e. The van der Waals surface area contributed by atoms with Gasteiger partial charge in [-0.1, -0.05) is 188 Å². The molecule has 5 nitrogen and oxygen atoms in total. The van der Waals surface area contributed by atoms with Gasteiger partial charge in [0, 0.05) is 44.3 Å². The Morgan fingerprint density at radius 3 is 1.03 bits per heavy atom. The SMILES string of the molecule is c1ccc(-c2cc(-c3cccc(-c4ccc5c(c4)c4cc(-c6cccc(-c7nc(-c8ccccc8)nc(-c8ccccc8)n7)c6)ccc4n5-c4ccccc4)c3)cc(-c3ccccc3)n2)cc1. The molecule has 5 heteroatoms. The van der Waals surface area contributed by atoms with E-state index in [1.807, 2.05) is 72.8 Å². The van der Waals surface area contributed by atoms with Gasteiger partial charge in [-0.25, -0.2) is 19.9 Å². The van der Waals surface area contributed by atoms with Crippen LogP contribution in [0.15, 0.2) is 249 Å². The van der Waals surface area contributed by atoms with E-state index in [1.165, 1.54) is 10.8 Å². The second-order valence-electron chi connectivity index (χ2n) is 16.7. The highest BCUT2D eigenvalue weighted by molar-refractivity contribution is 6.11. The number of aromatic nitrogens is 5. The number of benzene rings is 9. The zero-order valence-corrected chi connectivity index (χ0v) is 36.4. The number of hydrogen-bond acceptors (Lipinski definition) is 4. The van der Waals surface area contributed by atoms with Gasteiger partial charge in [-0.2, -0.15) is 0 Å². The normalized spacial score (nSPS) is 11.3. The number of pyridine rings is 1. The van der Waals surface area contributed by atoms with E-state index in [4.69, 9.17) is 19.9 Å². The molecular weight excluding hydrogens is 815 g/mol. The maximum atomic E-state index is 5.14. The minimum absolute atomic E-state index is 0.627. The molecule has 0 amide bonds. The van der Waals surface area contributed by atoms with Crippen molar-refractivity contribution >= 4 is 21.8 Å². The third-order valence-corrected chi connectivity index (χ3v) is 12.4. The molecule has 0 spiro atoms. The van der Waals surface area contributed by atoms with E-state index in [0.717, 1.165) is 89.3 Å². The van der Waals surface area contributed by atoms with E-state index in [2.05, 4.69) is 180 Å². The van der Waals surface area contributed by atoms with E-state index >= 15 is 0 Å². The molecule has 3 heterocycles. The molecule has 0 bridgehead atoms. The van der Waals surface area contributed by atoms with Crippen molar-refractivity contribution in [3.8, 4) is 95.7 Å². The maximum Gasteiger partial charge on any atom is 0.164 e. The van der Waals surface area contributed by atoms with Crippen LogP contribution < -0.4 is 0 Å². The van der Waals surface area contributed by atoms with Crippen molar-refractivity contribution in [1.29, 1.82) is 0 Å². The highest BCUT2D eigenvalue weighted by Crippen LogP contribution is 2.39. The van der Waals surface area contributed by atoms with Crippen LogP contribution in [0.3, 0.4) is 0 Å². The molecule has 0 fully saturated rings. The molecule has 0 atom stereocenters. The number of nitrogens with zero attached hydrogens (tertiary/aromatic N) is 5. The molecule has 9 aromatic carbocycles. The van der Waals surface area contributed by atoms with Crippen LogP contribution >= 0.6 is 0 Å². The van der Waals surface area contributed by atoms with Gasteiger partial charge in [-0.15, -0.1) is 0 Å². The lowest BCUT2D eigenvalue weighted by atomic mass is 9.95. The largest absolute Gasteiger partial charge is 0.309 e. The van der Waals surface area contributed by atoms with Crippen molar-refractivity contribution < 1.29 is 0 Å². The first-order chi connectivity index (χ1) is 33.2. The van der Waals surface area contributed by atoms with Crippen molar-refractivity contribution in [3.05, 3.63) is 249 Å². The second kappa shape index (κ2) is 17.1. The van der Waals surface area contributed by atoms with Crippen molar-refractivity contribution in [2.24, 2.45) is 0 Å². The monoisotopic (exact) mass is 855 g/mol. The average Bonchev–Trinajstić information content (AvgIpc) is 3.75. The Morgan fingerprint density at radius 1 is 0.224 bits per heavy atom. The summed E-state index contributed by atoms with van der Waals surface area (Å²) in [7, 11) is 0. The summed E-state index contributed by atoms with van der Waals surface area (Å²) in [4.78, 5) is 20.1. The maximum absolute atomic E-state index is 5.14. The van der Waals surface area contributed by atoms with Crippen LogP contribution in [-0.4, -0.2) is 24.5 Å². The predicted molar refractivity (Wildman–Crippen MR) is 275 cm³/mol. The van der Waals surface area contributed by atoms with E-state index < -0.39 is 0 Å². The second-order valence-corrected chi connectivity index (χ2v) is 16.7. The third kappa shape index (κ3) is 7.75. The summed E-state index contributed by atoms with van der Waals surface area (Å²) < 4.78 is 2.37. The fraction of sp³-hybridized carbons (Fsp3) is 0. The molecule has 0 aliphatic heterocycles. The van der Waals surface area contributed by atoms with Gasteiger partial charge in [-0.05, 0) is 94.0 Å². The van der Waals surface area contributed by atoms with Gasteiger partial charge >= 0.3 is 0 Å². The Labute approximate surface area is 389 Å². The Balaban J connectivity index is 0.972. The molecule has 0 saturated carbocycles. The van der Waals surface area contributed by atoms with Crippen molar-refractivity contribution in [2.45, 2.75) is 0 Å². The number of fused-ring (bicyclic) bond motifs is 3. The lowest BCUT2D eigenvalue weighted by Crippen LogP contribution is -2.00. The fourth-order valence-corrected chi connectivity index (χ4v) is 9.10. The molecule has 12 rings (SSSR count). The van der Waals surface area contributed by atoms with Gasteiger partial charge in [0.25, 0.3) is 0 Å². The molecule has 12 aromatic rings. The summed E-state index contributed by atoms with van der Waals surface area (Å²) in [5.74, 6) is 1.91. The summed E-state index contributed by atoms with van der Waals surface area (Å²) in [6.07, 6.45) is 0. The summed E-state index contributed by atoms with van der Waals surface area (Å²) in [6.45, 7) is 0. The number of hydrogen-bond donors (Lipinski definition) is 0. The number of para-hydroxylation sites is 1. The van der Waals surface area contributed by atoms with Crippen molar-refractivity contribution in [2.75, 3.05) is 0 Å². The standard InChI is InChI=1S/C62H41N5/c1-6-18-42(19-7-1)56-40-52(41-57(63-56)43-20-8-2-9-21-43)48-28-16-26-46(36-48)49-32-34-58-54(38-49)55-39-50(33-35-59(55)67(58)53-30-14-5-15-31-53)47-27-17-29-51(37-47)62-65-60(44-22-10-3-11-23-44)64-61(66-62)45-24-12-4-13-25-45/h1-41H. The topological polar surface area (TPSA) is 56.5 Å². The Bertz CT molecular complexity index is 3380.